The molecule has 0 aromatic heterocycles. The predicted octanol–water partition coefficient (Wildman–Crippen LogP) is 0.799. The molecule has 92 valence electrons. The van der Waals surface area contributed by atoms with Gasteiger partial charge in [-0.3, -0.25) is 4.79 Å². The Kier molecular flexibility index (Phi) is 3.50. The number of rotatable bonds is 4. The summed E-state index contributed by atoms with van der Waals surface area (Å²) in [6.07, 6.45) is 6.21. The Hall–Kier alpha value is -0.610. The Balaban J connectivity index is 1.98. The molecule has 1 spiro atoms. The molecule has 4 heteroatoms. The fourth-order valence-electron chi connectivity index (χ4n) is 3.34. The van der Waals surface area contributed by atoms with Gasteiger partial charge in [0.05, 0.1) is 12.6 Å². The van der Waals surface area contributed by atoms with Crippen LogP contribution in [0.15, 0.2) is 0 Å². The molecular weight excluding hydrogens is 204 g/mol. The first-order chi connectivity index (χ1) is 7.73. The van der Waals surface area contributed by atoms with Crippen LogP contribution in [-0.4, -0.2) is 31.2 Å². The van der Waals surface area contributed by atoms with Crippen molar-refractivity contribution in [2.45, 2.75) is 51.2 Å². The molecule has 2 fully saturated rings. The second kappa shape index (κ2) is 4.72. The minimum Gasteiger partial charge on any atom is -0.378 e. The van der Waals surface area contributed by atoms with E-state index in [1.807, 2.05) is 6.92 Å². The van der Waals surface area contributed by atoms with Crippen molar-refractivity contribution in [2.75, 3.05) is 13.2 Å². The number of carbonyl (C=O) groups excluding carboxylic acids is 1. The summed E-state index contributed by atoms with van der Waals surface area (Å²) < 4.78 is 5.78. The molecule has 0 aliphatic heterocycles. The van der Waals surface area contributed by atoms with Gasteiger partial charge in [-0.25, -0.2) is 0 Å². The second-order valence-electron chi connectivity index (χ2n) is 4.94. The highest BCUT2D eigenvalue weighted by atomic mass is 16.5. The molecule has 0 aromatic carbocycles. The first-order valence-corrected chi connectivity index (χ1v) is 6.34. The SMILES string of the molecule is CCOC1CC(NC(=O)CN)C12CCCC2. The van der Waals surface area contributed by atoms with Gasteiger partial charge in [0.1, 0.15) is 0 Å². The lowest BCUT2D eigenvalue weighted by atomic mass is 9.60. The fraction of sp³-hybridized carbons (Fsp3) is 0.917. The Morgan fingerprint density at radius 2 is 2.19 bits per heavy atom. The summed E-state index contributed by atoms with van der Waals surface area (Å²) >= 11 is 0. The van der Waals surface area contributed by atoms with E-state index in [1.165, 1.54) is 25.7 Å². The van der Waals surface area contributed by atoms with Crippen LogP contribution in [0.25, 0.3) is 0 Å². The molecule has 0 aromatic rings. The zero-order valence-electron chi connectivity index (χ0n) is 10.00. The van der Waals surface area contributed by atoms with Crippen LogP contribution in [0.1, 0.15) is 39.0 Å². The van der Waals surface area contributed by atoms with Crippen molar-refractivity contribution in [1.29, 1.82) is 0 Å². The lowest BCUT2D eigenvalue weighted by Gasteiger charge is -2.54. The van der Waals surface area contributed by atoms with Crippen LogP contribution >= 0.6 is 0 Å². The number of nitrogens with one attached hydrogen (secondary N) is 1. The first kappa shape index (κ1) is 11.9. The van der Waals surface area contributed by atoms with Gasteiger partial charge >= 0.3 is 0 Å². The summed E-state index contributed by atoms with van der Waals surface area (Å²) in [5.41, 5.74) is 5.56. The molecule has 0 heterocycles. The van der Waals surface area contributed by atoms with Gasteiger partial charge in [0.15, 0.2) is 0 Å². The summed E-state index contributed by atoms with van der Waals surface area (Å²) in [6.45, 7) is 2.89. The summed E-state index contributed by atoms with van der Waals surface area (Å²) in [6, 6.07) is 0.294. The third kappa shape index (κ3) is 1.84. The average molecular weight is 226 g/mol. The molecule has 1 amide bonds. The zero-order valence-corrected chi connectivity index (χ0v) is 10.00. The van der Waals surface area contributed by atoms with Crippen LogP contribution in [0.2, 0.25) is 0 Å². The van der Waals surface area contributed by atoms with Crippen molar-refractivity contribution in [2.24, 2.45) is 11.1 Å². The molecule has 3 N–H and O–H groups in total. The number of nitrogens with two attached hydrogens (primary N) is 1. The molecule has 4 nitrogen and oxygen atoms in total. The molecule has 2 aliphatic carbocycles. The van der Waals surface area contributed by atoms with E-state index in [9.17, 15) is 4.79 Å². The molecule has 0 saturated heterocycles. The minimum absolute atomic E-state index is 0.0359. The van der Waals surface area contributed by atoms with Crippen LogP contribution in [0.5, 0.6) is 0 Å². The van der Waals surface area contributed by atoms with Crippen LogP contribution < -0.4 is 11.1 Å². The maximum absolute atomic E-state index is 11.3. The van der Waals surface area contributed by atoms with E-state index in [2.05, 4.69) is 5.32 Å². The third-order valence-electron chi connectivity index (χ3n) is 4.21. The Morgan fingerprint density at radius 3 is 2.75 bits per heavy atom. The monoisotopic (exact) mass is 226 g/mol. The van der Waals surface area contributed by atoms with Gasteiger partial charge in [0.2, 0.25) is 5.91 Å². The molecule has 16 heavy (non-hydrogen) atoms. The fourth-order valence-corrected chi connectivity index (χ4v) is 3.34. The van der Waals surface area contributed by atoms with Gasteiger partial charge in [-0.2, -0.15) is 0 Å². The van der Waals surface area contributed by atoms with Crippen molar-refractivity contribution in [3.63, 3.8) is 0 Å². The van der Waals surface area contributed by atoms with E-state index in [0.717, 1.165) is 13.0 Å². The van der Waals surface area contributed by atoms with Crippen LogP contribution in [-0.2, 0) is 9.53 Å². The predicted molar refractivity (Wildman–Crippen MR) is 61.9 cm³/mol. The van der Waals surface area contributed by atoms with E-state index in [-0.39, 0.29) is 17.9 Å². The number of hydrogen-bond acceptors (Lipinski definition) is 3. The molecule has 2 aliphatic rings. The molecule has 2 atom stereocenters. The van der Waals surface area contributed by atoms with Gasteiger partial charge in [-0.1, -0.05) is 12.8 Å². The maximum atomic E-state index is 11.3. The topological polar surface area (TPSA) is 64.3 Å². The molecular formula is C12H22N2O2. The van der Waals surface area contributed by atoms with Gasteiger partial charge in [-0.05, 0) is 26.2 Å². The molecule has 0 bridgehead atoms. The quantitative estimate of drug-likeness (QED) is 0.745. The van der Waals surface area contributed by atoms with Crippen molar-refractivity contribution in [1.82, 2.24) is 5.32 Å². The standard InChI is InChI=1S/C12H22N2O2/c1-2-16-10-7-9(14-11(15)8-13)12(10)5-3-4-6-12/h9-10H,2-8,13H2,1H3,(H,14,15). The largest absolute Gasteiger partial charge is 0.378 e. The summed E-state index contributed by atoms with van der Waals surface area (Å²) in [5.74, 6) is -0.0359. The maximum Gasteiger partial charge on any atom is 0.233 e. The number of amides is 1. The van der Waals surface area contributed by atoms with Crippen LogP contribution in [0.4, 0.5) is 0 Å². The van der Waals surface area contributed by atoms with Gasteiger partial charge in [0, 0.05) is 18.1 Å². The summed E-state index contributed by atoms with van der Waals surface area (Å²) in [7, 11) is 0. The molecule has 0 radical (unpaired) electrons. The Bertz CT molecular complexity index is 262. The van der Waals surface area contributed by atoms with Crippen molar-refractivity contribution in [3.8, 4) is 0 Å². The van der Waals surface area contributed by atoms with Gasteiger partial charge in [-0.15, -0.1) is 0 Å². The van der Waals surface area contributed by atoms with Crippen molar-refractivity contribution in [3.05, 3.63) is 0 Å². The van der Waals surface area contributed by atoms with E-state index in [0.29, 0.717) is 12.1 Å². The highest BCUT2D eigenvalue weighted by molar-refractivity contribution is 5.78. The summed E-state index contributed by atoms with van der Waals surface area (Å²) in [5, 5.41) is 3.04. The lowest BCUT2D eigenvalue weighted by molar-refractivity contribution is -0.143. The van der Waals surface area contributed by atoms with Crippen molar-refractivity contribution >= 4 is 5.91 Å². The van der Waals surface area contributed by atoms with Gasteiger partial charge < -0.3 is 15.8 Å². The van der Waals surface area contributed by atoms with E-state index < -0.39 is 0 Å². The number of carbonyl (C=O) groups is 1. The summed E-state index contributed by atoms with van der Waals surface area (Å²) in [4.78, 5) is 11.3. The van der Waals surface area contributed by atoms with E-state index in [1.54, 1.807) is 0 Å². The Labute approximate surface area is 96.9 Å². The highest BCUT2D eigenvalue weighted by Gasteiger charge is 2.56. The molecule has 2 rings (SSSR count). The highest BCUT2D eigenvalue weighted by Crippen LogP contribution is 2.54. The Morgan fingerprint density at radius 1 is 1.50 bits per heavy atom. The third-order valence-corrected chi connectivity index (χ3v) is 4.21. The normalized spacial score (nSPS) is 31.4. The molecule has 2 unspecified atom stereocenters. The first-order valence-electron chi connectivity index (χ1n) is 6.34. The molecule has 2 saturated carbocycles. The van der Waals surface area contributed by atoms with Crippen molar-refractivity contribution < 1.29 is 9.53 Å². The second-order valence-corrected chi connectivity index (χ2v) is 4.94. The lowest BCUT2D eigenvalue weighted by Crippen LogP contribution is -2.64. The smallest absolute Gasteiger partial charge is 0.233 e. The van der Waals surface area contributed by atoms with Gasteiger partial charge in [0.25, 0.3) is 0 Å². The van der Waals surface area contributed by atoms with Crippen LogP contribution in [0.3, 0.4) is 0 Å². The number of hydrogen-bond donors (Lipinski definition) is 2. The van der Waals surface area contributed by atoms with Crippen LogP contribution in [0, 0.1) is 5.41 Å². The van der Waals surface area contributed by atoms with E-state index in [4.69, 9.17) is 10.5 Å². The zero-order chi connectivity index (χ0) is 11.6. The minimum atomic E-state index is -0.0359. The number of ether oxygens (including phenoxy) is 1. The average Bonchev–Trinajstić information content (AvgIpc) is 2.79. The van der Waals surface area contributed by atoms with E-state index >= 15 is 0 Å².